The first kappa shape index (κ1) is 22.7. The van der Waals surface area contributed by atoms with E-state index in [0.717, 1.165) is 34.6 Å². The number of anilines is 1. The van der Waals surface area contributed by atoms with Crippen LogP contribution in [0.25, 0.3) is 11.4 Å². The van der Waals surface area contributed by atoms with Gasteiger partial charge in [0.15, 0.2) is 5.82 Å². The number of hydrogen-bond donors (Lipinski definition) is 1. The summed E-state index contributed by atoms with van der Waals surface area (Å²) >= 11 is 0. The third-order valence-electron chi connectivity index (χ3n) is 5.92. The molecule has 1 fully saturated rings. The van der Waals surface area contributed by atoms with Crippen molar-refractivity contribution in [2.24, 2.45) is 7.05 Å². The van der Waals surface area contributed by atoms with Gasteiger partial charge in [-0.15, -0.1) is 10.2 Å². The smallest absolute Gasteiger partial charge is 0.353 e. The van der Waals surface area contributed by atoms with Crippen LogP contribution in [0.1, 0.15) is 33.5 Å². The average Bonchev–Trinajstić information content (AvgIpc) is 3.38. The summed E-state index contributed by atoms with van der Waals surface area (Å²) in [6.45, 7) is 4.80. The molecule has 33 heavy (non-hydrogen) atoms. The highest BCUT2D eigenvalue weighted by Crippen LogP contribution is 2.33. The number of nitrogens with one attached hydrogen (secondary N) is 1. The standard InChI is InChI=1S/C22H22F4N6O/c1-12-13(2)20(30-29-19(12)18-6-8-27-31(18)3)32-9-7-15(11-32)28-21(33)16-5-4-14(23)10-17(16)22(24,25)26/h4-6,8,10,15H,7,9,11H2,1-3H3,(H,28,33)/t15-/m1/s1. The van der Waals surface area contributed by atoms with Gasteiger partial charge in [0, 0.05) is 32.4 Å². The minimum absolute atomic E-state index is 0.335. The molecule has 0 saturated carbocycles. The first-order valence-corrected chi connectivity index (χ1v) is 10.3. The van der Waals surface area contributed by atoms with E-state index in [-0.39, 0.29) is 6.04 Å². The van der Waals surface area contributed by atoms with E-state index in [1.807, 2.05) is 31.9 Å². The molecule has 1 N–H and O–H groups in total. The van der Waals surface area contributed by atoms with Crippen molar-refractivity contribution < 1.29 is 22.4 Å². The van der Waals surface area contributed by atoms with Crippen molar-refractivity contribution in [1.29, 1.82) is 0 Å². The van der Waals surface area contributed by atoms with Crippen LogP contribution in [0.2, 0.25) is 0 Å². The van der Waals surface area contributed by atoms with Gasteiger partial charge in [0.1, 0.15) is 11.5 Å². The Bertz CT molecular complexity index is 1210. The molecule has 1 aliphatic heterocycles. The first-order chi connectivity index (χ1) is 15.6. The second-order valence-electron chi connectivity index (χ2n) is 8.06. The summed E-state index contributed by atoms with van der Waals surface area (Å²) in [7, 11) is 1.82. The van der Waals surface area contributed by atoms with Crippen molar-refractivity contribution in [3.05, 3.63) is 58.5 Å². The summed E-state index contributed by atoms with van der Waals surface area (Å²) in [5.41, 5.74) is 1.52. The molecular formula is C22H22F4N6O. The molecule has 1 aliphatic rings. The summed E-state index contributed by atoms with van der Waals surface area (Å²) in [4.78, 5) is 14.5. The van der Waals surface area contributed by atoms with Gasteiger partial charge in [-0.3, -0.25) is 9.48 Å². The van der Waals surface area contributed by atoms with E-state index in [9.17, 15) is 22.4 Å². The number of amides is 1. The highest BCUT2D eigenvalue weighted by molar-refractivity contribution is 5.96. The lowest BCUT2D eigenvalue weighted by molar-refractivity contribution is -0.138. The fourth-order valence-corrected chi connectivity index (χ4v) is 4.03. The predicted molar refractivity (Wildman–Crippen MR) is 113 cm³/mol. The van der Waals surface area contributed by atoms with Crippen LogP contribution in [0.3, 0.4) is 0 Å². The van der Waals surface area contributed by atoms with Crippen molar-refractivity contribution in [2.75, 3.05) is 18.0 Å². The lowest BCUT2D eigenvalue weighted by Gasteiger charge is -2.21. The minimum atomic E-state index is -4.84. The number of benzene rings is 1. The van der Waals surface area contributed by atoms with Crippen LogP contribution in [-0.4, -0.2) is 45.0 Å². The number of alkyl halides is 3. The van der Waals surface area contributed by atoms with Crippen LogP contribution >= 0.6 is 0 Å². The highest BCUT2D eigenvalue weighted by Gasteiger charge is 2.36. The first-order valence-electron chi connectivity index (χ1n) is 10.3. The second kappa shape index (κ2) is 8.45. The Balaban J connectivity index is 1.50. The minimum Gasteiger partial charge on any atom is -0.353 e. The maximum atomic E-state index is 13.3. The summed E-state index contributed by atoms with van der Waals surface area (Å²) in [5, 5.41) is 15.5. The van der Waals surface area contributed by atoms with E-state index in [4.69, 9.17) is 0 Å². The normalized spacial score (nSPS) is 16.3. The van der Waals surface area contributed by atoms with Gasteiger partial charge in [-0.1, -0.05) is 0 Å². The van der Waals surface area contributed by atoms with Crippen molar-refractivity contribution >= 4 is 11.7 Å². The molecule has 1 amide bonds. The Hall–Kier alpha value is -3.50. The van der Waals surface area contributed by atoms with Crippen LogP contribution in [0, 0.1) is 19.7 Å². The second-order valence-corrected chi connectivity index (χ2v) is 8.06. The largest absolute Gasteiger partial charge is 0.417 e. The van der Waals surface area contributed by atoms with Gasteiger partial charge < -0.3 is 10.2 Å². The van der Waals surface area contributed by atoms with Crippen molar-refractivity contribution in [2.45, 2.75) is 32.5 Å². The van der Waals surface area contributed by atoms with Crippen LogP contribution in [0.15, 0.2) is 30.5 Å². The molecular weight excluding hydrogens is 440 g/mol. The fourth-order valence-electron chi connectivity index (χ4n) is 4.03. The fraction of sp³-hybridized carbons (Fsp3) is 0.364. The zero-order valence-electron chi connectivity index (χ0n) is 18.2. The average molecular weight is 462 g/mol. The highest BCUT2D eigenvalue weighted by atomic mass is 19.4. The molecule has 11 heteroatoms. The lowest BCUT2D eigenvalue weighted by atomic mass is 10.1. The maximum absolute atomic E-state index is 13.3. The van der Waals surface area contributed by atoms with Crippen LogP contribution < -0.4 is 10.2 Å². The molecule has 0 radical (unpaired) electrons. The van der Waals surface area contributed by atoms with Gasteiger partial charge in [-0.05, 0) is 55.7 Å². The van der Waals surface area contributed by atoms with Gasteiger partial charge in [-0.2, -0.15) is 18.3 Å². The Morgan fingerprint density at radius 2 is 1.91 bits per heavy atom. The summed E-state index contributed by atoms with van der Waals surface area (Å²) < 4.78 is 54.8. The Labute approximate surface area is 187 Å². The zero-order valence-corrected chi connectivity index (χ0v) is 18.2. The lowest BCUT2D eigenvalue weighted by Crippen LogP contribution is -2.38. The SMILES string of the molecule is Cc1c(-c2ccnn2C)nnc(N2CC[C@@H](NC(=O)c3ccc(F)cc3C(F)(F)F)C2)c1C. The van der Waals surface area contributed by atoms with Crippen LogP contribution in [0.5, 0.6) is 0 Å². The van der Waals surface area contributed by atoms with E-state index in [2.05, 4.69) is 20.6 Å². The maximum Gasteiger partial charge on any atom is 0.417 e. The molecule has 4 rings (SSSR count). The molecule has 0 aliphatic carbocycles. The molecule has 1 atom stereocenters. The number of aryl methyl sites for hydroxylation is 1. The quantitative estimate of drug-likeness (QED) is 0.599. The molecule has 7 nitrogen and oxygen atoms in total. The molecule has 3 heterocycles. The molecule has 1 aromatic carbocycles. The summed E-state index contributed by atoms with van der Waals surface area (Å²) in [5.74, 6) is -1.28. The Morgan fingerprint density at radius 1 is 1.15 bits per heavy atom. The number of hydrogen-bond acceptors (Lipinski definition) is 5. The van der Waals surface area contributed by atoms with Gasteiger partial charge in [0.25, 0.3) is 5.91 Å². The molecule has 174 valence electrons. The van der Waals surface area contributed by atoms with Crippen molar-refractivity contribution in [3.63, 3.8) is 0 Å². The van der Waals surface area contributed by atoms with Gasteiger partial charge in [0.2, 0.25) is 0 Å². The number of halogens is 4. The van der Waals surface area contributed by atoms with Gasteiger partial charge in [0.05, 0.1) is 16.8 Å². The number of aromatic nitrogens is 4. The molecule has 2 aromatic heterocycles. The van der Waals surface area contributed by atoms with Crippen LogP contribution in [-0.2, 0) is 13.2 Å². The molecule has 3 aromatic rings. The third kappa shape index (κ3) is 4.39. The number of rotatable bonds is 4. The van der Waals surface area contributed by atoms with E-state index >= 15 is 0 Å². The Kier molecular flexibility index (Phi) is 5.81. The number of carbonyl (C=O) groups is 1. The van der Waals surface area contributed by atoms with Crippen LogP contribution in [0.4, 0.5) is 23.4 Å². The topological polar surface area (TPSA) is 75.9 Å². The van der Waals surface area contributed by atoms with E-state index in [0.29, 0.717) is 31.4 Å². The molecule has 0 bridgehead atoms. The molecule has 1 saturated heterocycles. The van der Waals surface area contributed by atoms with E-state index in [1.54, 1.807) is 10.9 Å². The zero-order chi connectivity index (χ0) is 23.9. The van der Waals surface area contributed by atoms with Crippen molar-refractivity contribution in [1.82, 2.24) is 25.3 Å². The number of nitrogens with zero attached hydrogens (tertiary/aromatic N) is 5. The van der Waals surface area contributed by atoms with Gasteiger partial charge >= 0.3 is 6.18 Å². The van der Waals surface area contributed by atoms with E-state index < -0.39 is 29.0 Å². The summed E-state index contributed by atoms with van der Waals surface area (Å²) in [6, 6.07) is 3.50. The van der Waals surface area contributed by atoms with Gasteiger partial charge in [-0.25, -0.2) is 4.39 Å². The predicted octanol–water partition coefficient (Wildman–Crippen LogP) is 3.66. The number of carbonyl (C=O) groups excluding carboxylic acids is 1. The molecule has 0 unspecified atom stereocenters. The Morgan fingerprint density at radius 3 is 2.58 bits per heavy atom. The van der Waals surface area contributed by atoms with Crippen molar-refractivity contribution in [3.8, 4) is 11.4 Å². The third-order valence-corrected chi connectivity index (χ3v) is 5.92. The summed E-state index contributed by atoms with van der Waals surface area (Å²) in [6.07, 6.45) is -2.63. The van der Waals surface area contributed by atoms with E-state index in [1.165, 1.54) is 0 Å². The molecule has 0 spiro atoms. The monoisotopic (exact) mass is 462 g/mol.